The highest BCUT2D eigenvalue weighted by atomic mass is 35.5. The molecule has 0 aromatic carbocycles. The molecule has 3 aliphatic rings. The number of halogens is 1. The van der Waals surface area contributed by atoms with Crippen LogP contribution in [-0.4, -0.2) is 60.4 Å². The Morgan fingerprint density at radius 2 is 1.64 bits per heavy atom. The van der Waals surface area contributed by atoms with E-state index in [0.717, 1.165) is 51.9 Å². The molecule has 3 rings (SSSR count). The lowest BCUT2D eigenvalue weighted by Crippen LogP contribution is -2.45. The van der Waals surface area contributed by atoms with Crippen molar-refractivity contribution in [3.05, 3.63) is 0 Å². The molecule has 1 N–H and O–H groups in total. The van der Waals surface area contributed by atoms with Crippen molar-refractivity contribution < 1.29 is 9.59 Å². The van der Waals surface area contributed by atoms with E-state index in [1.165, 1.54) is 25.7 Å². The van der Waals surface area contributed by atoms with Crippen LogP contribution in [0.2, 0.25) is 0 Å². The molecule has 1 saturated carbocycles. The van der Waals surface area contributed by atoms with Crippen molar-refractivity contribution in [2.45, 2.75) is 64.3 Å². The highest BCUT2D eigenvalue weighted by Crippen LogP contribution is 2.28. The maximum atomic E-state index is 12.8. The third kappa shape index (κ3) is 5.58. The van der Waals surface area contributed by atoms with Gasteiger partial charge in [-0.1, -0.05) is 12.8 Å². The fraction of sp³-hybridized carbons (Fsp3) is 0.895. The van der Waals surface area contributed by atoms with E-state index in [0.29, 0.717) is 30.3 Å². The Labute approximate surface area is 158 Å². The van der Waals surface area contributed by atoms with Gasteiger partial charge in [0.25, 0.3) is 0 Å². The summed E-state index contributed by atoms with van der Waals surface area (Å²) < 4.78 is 0. The van der Waals surface area contributed by atoms with Crippen LogP contribution in [0.15, 0.2) is 0 Å². The van der Waals surface area contributed by atoms with Crippen molar-refractivity contribution in [2.24, 2.45) is 11.8 Å². The first-order valence-corrected chi connectivity index (χ1v) is 9.93. The first-order valence-electron chi connectivity index (χ1n) is 9.93. The number of nitrogens with one attached hydrogen (secondary N) is 1. The topological polar surface area (TPSA) is 52.7 Å². The zero-order valence-corrected chi connectivity index (χ0v) is 16.4. The smallest absolute Gasteiger partial charge is 0.225 e. The SMILES string of the molecule is C[C@H]1C[C@@H](C(=O)N2CCCN(C(=O)CC3CCCC3)CC2)CCN1.Cl. The minimum Gasteiger partial charge on any atom is -0.341 e. The van der Waals surface area contributed by atoms with Crippen molar-refractivity contribution in [2.75, 3.05) is 32.7 Å². The molecule has 0 bridgehead atoms. The Bertz CT molecular complexity index is 454. The molecule has 0 aromatic heterocycles. The number of carbonyl (C=O) groups is 2. The summed E-state index contributed by atoms with van der Waals surface area (Å²) in [4.78, 5) is 29.4. The molecule has 2 aliphatic heterocycles. The number of amides is 2. The normalized spacial score (nSPS) is 28.4. The third-order valence-corrected chi connectivity index (χ3v) is 6.07. The summed E-state index contributed by atoms with van der Waals surface area (Å²) in [6.07, 6.45) is 8.55. The average molecular weight is 372 g/mol. The fourth-order valence-corrected chi connectivity index (χ4v) is 4.59. The van der Waals surface area contributed by atoms with Crippen LogP contribution in [0.4, 0.5) is 0 Å². The predicted molar refractivity (Wildman–Crippen MR) is 102 cm³/mol. The zero-order chi connectivity index (χ0) is 16.9. The van der Waals surface area contributed by atoms with Crippen LogP contribution in [-0.2, 0) is 9.59 Å². The predicted octanol–water partition coefficient (Wildman–Crippen LogP) is 2.44. The molecule has 0 radical (unpaired) electrons. The van der Waals surface area contributed by atoms with E-state index in [-0.39, 0.29) is 18.3 Å². The Morgan fingerprint density at radius 1 is 0.960 bits per heavy atom. The van der Waals surface area contributed by atoms with E-state index in [4.69, 9.17) is 0 Å². The molecule has 0 unspecified atom stereocenters. The van der Waals surface area contributed by atoms with Crippen LogP contribution >= 0.6 is 12.4 Å². The van der Waals surface area contributed by atoms with E-state index >= 15 is 0 Å². The molecule has 2 heterocycles. The molecule has 25 heavy (non-hydrogen) atoms. The molecular weight excluding hydrogens is 338 g/mol. The van der Waals surface area contributed by atoms with Crippen molar-refractivity contribution in [3.8, 4) is 0 Å². The second kappa shape index (κ2) is 9.77. The van der Waals surface area contributed by atoms with Crippen LogP contribution in [0.5, 0.6) is 0 Å². The van der Waals surface area contributed by atoms with Gasteiger partial charge in [-0.15, -0.1) is 12.4 Å². The van der Waals surface area contributed by atoms with Crippen LogP contribution in [0.25, 0.3) is 0 Å². The minimum atomic E-state index is 0. The third-order valence-electron chi connectivity index (χ3n) is 6.07. The summed E-state index contributed by atoms with van der Waals surface area (Å²) in [7, 11) is 0. The Kier molecular flexibility index (Phi) is 8.01. The summed E-state index contributed by atoms with van der Waals surface area (Å²) in [5.74, 6) is 1.40. The molecule has 0 aromatic rings. The summed E-state index contributed by atoms with van der Waals surface area (Å²) in [5, 5.41) is 3.41. The van der Waals surface area contributed by atoms with E-state index in [1.807, 2.05) is 9.80 Å². The first kappa shape index (κ1) is 20.5. The highest BCUT2D eigenvalue weighted by Gasteiger charge is 2.30. The molecular formula is C19H34ClN3O2. The Hall–Kier alpha value is -0.810. The second-order valence-electron chi connectivity index (χ2n) is 7.99. The van der Waals surface area contributed by atoms with Gasteiger partial charge < -0.3 is 15.1 Å². The van der Waals surface area contributed by atoms with Gasteiger partial charge in [-0.25, -0.2) is 0 Å². The molecule has 5 nitrogen and oxygen atoms in total. The summed E-state index contributed by atoms with van der Waals surface area (Å²) in [6, 6.07) is 0.434. The number of carbonyl (C=O) groups excluding carboxylic acids is 2. The van der Waals surface area contributed by atoms with Crippen LogP contribution in [0.1, 0.15) is 58.3 Å². The number of rotatable bonds is 3. The van der Waals surface area contributed by atoms with Gasteiger partial charge in [0.05, 0.1) is 0 Å². The lowest BCUT2D eigenvalue weighted by molar-refractivity contribution is -0.137. The quantitative estimate of drug-likeness (QED) is 0.829. The largest absolute Gasteiger partial charge is 0.341 e. The van der Waals surface area contributed by atoms with Crippen molar-refractivity contribution in [3.63, 3.8) is 0 Å². The van der Waals surface area contributed by atoms with Crippen LogP contribution in [0.3, 0.4) is 0 Å². The van der Waals surface area contributed by atoms with Crippen LogP contribution in [0, 0.1) is 11.8 Å². The first-order chi connectivity index (χ1) is 11.6. The minimum absolute atomic E-state index is 0. The number of nitrogens with zero attached hydrogens (tertiary/aromatic N) is 2. The standard InChI is InChI=1S/C19H33N3O2.ClH/c1-15-13-17(7-8-20-15)19(24)22-10-4-9-21(11-12-22)18(23)14-16-5-2-3-6-16;/h15-17,20H,2-14H2,1H3;1H/t15-,17-;/m0./s1. The van der Waals surface area contributed by atoms with Gasteiger partial charge in [0.15, 0.2) is 0 Å². The monoisotopic (exact) mass is 371 g/mol. The van der Waals surface area contributed by atoms with Gasteiger partial charge in [-0.05, 0) is 51.5 Å². The van der Waals surface area contributed by atoms with Crippen molar-refractivity contribution >= 4 is 24.2 Å². The molecule has 6 heteroatoms. The fourth-order valence-electron chi connectivity index (χ4n) is 4.59. The Morgan fingerprint density at radius 3 is 2.36 bits per heavy atom. The van der Waals surface area contributed by atoms with E-state index < -0.39 is 0 Å². The van der Waals surface area contributed by atoms with Crippen molar-refractivity contribution in [1.82, 2.24) is 15.1 Å². The zero-order valence-electron chi connectivity index (χ0n) is 15.5. The van der Waals surface area contributed by atoms with E-state index in [1.54, 1.807) is 0 Å². The molecule has 144 valence electrons. The number of piperidine rings is 1. The Balaban J connectivity index is 0.00000225. The molecule has 3 fully saturated rings. The lowest BCUT2D eigenvalue weighted by atomic mass is 9.92. The van der Waals surface area contributed by atoms with Gasteiger partial charge >= 0.3 is 0 Å². The van der Waals surface area contributed by atoms with Gasteiger partial charge in [-0.3, -0.25) is 9.59 Å². The maximum absolute atomic E-state index is 12.8. The molecule has 1 aliphatic carbocycles. The van der Waals surface area contributed by atoms with Gasteiger partial charge in [0.2, 0.25) is 11.8 Å². The van der Waals surface area contributed by atoms with Gasteiger partial charge in [0, 0.05) is 44.6 Å². The summed E-state index contributed by atoms with van der Waals surface area (Å²) in [5.41, 5.74) is 0. The molecule has 2 saturated heterocycles. The van der Waals surface area contributed by atoms with Crippen molar-refractivity contribution in [1.29, 1.82) is 0 Å². The van der Waals surface area contributed by atoms with E-state index in [9.17, 15) is 9.59 Å². The number of hydrogen-bond acceptors (Lipinski definition) is 3. The number of hydrogen-bond donors (Lipinski definition) is 1. The molecule has 2 amide bonds. The lowest BCUT2D eigenvalue weighted by Gasteiger charge is -2.31. The summed E-state index contributed by atoms with van der Waals surface area (Å²) in [6.45, 7) is 6.16. The molecule has 2 atom stereocenters. The van der Waals surface area contributed by atoms with Gasteiger partial charge in [-0.2, -0.15) is 0 Å². The average Bonchev–Trinajstić information content (AvgIpc) is 2.95. The summed E-state index contributed by atoms with van der Waals surface area (Å²) >= 11 is 0. The second-order valence-corrected chi connectivity index (χ2v) is 7.99. The highest BCUT2D eigenvalue weighted by molar-refractivity contribution is 5.85. The van der Waals surface area contributed by atoms with E-state index in [2.05, 4.69) is 12.2 Å². The maximum Gasteiger partial charge on any atom is 0.225 e. The molecule has 0 spiro atoms. The van der Waals surface area contributed by atoms with Gasteiger partial charge in [0.1, 0.15) is 0 Å². The van der Waals surface area contributed by atoms with Crippen LogP contribution < -0.4 is 5.32 Å².